The van der Waals surface area contributed by atoms with Crippen LogP contribution in [0.25, 0.3) is 0 Å². The second-order valence-electron chi connectivity index (χ2n) is 3.94. The molecule has 0 unspecified atom stereocenters. The van der Waals surface area contributed by atoms with E-state index in [-0.39, 0.29) is 5.56 Å². The standard InChI is InChI=1S/C14H10ClNO4S/c15-10-4-1-3-9(7-10)14(19)20-8-12(17)16-13(18)11-5-2-6-21-11/h1-7H,8H2,(H,16,17,18). The highest BCUT2D eigenvalue weighted by atomic mass is 35.5. The summed E-state index contributed by atoms with van der Waals surface area (Å²) in [4.78, 5) is 35.2. The first-order chi connectivity index (χ1) is 10.1. The van der Waals surface area contributed by atoms with E-state index in [1.54, 1.807) is 29.6 Å². The van der Waals surface area contributed by atoms with Gasteiger partial charge in [0.1, 0.15) is 0 Å². The normalized spacial score (nSPS) is 9.95. The maximum absolute atomic E-state index is 11.7. The molecule has 0 aliphatic heterocycles. The van der Waals surface area contributed by atoms with Crippen LogP contribution in [0.1, 0.15) is 20.0 Å². The molecule has 7 heteroatoms. The van der Waals surface area contributed by atoms with Gasteiger partial charge in [-0.05, 0) is 29.6 Å². The zero-order valence-corrected chi connectivity index (χ0v) is 12.2. The molecule has 1 heterocycles. The van der Waals surface area contributed by atoms with Gasteiger partial charge in [0, 0.05) is 5.02 Å². The molecule has 1 aromatic heterocycles. The number of nitrogens with one attached hydrogen (secondary N) is 1. The van der Waals surface area contributed by atoms with Gasteiger partial charge in [-0.3, -0.25) is 14.9 Å². The Morgan fingerprint density at radius 2 is 2.00 bits per heavy atom. The van der Waals surface area contributed by atoms with Gasteiger partial charge >= 0.3 is 5.97 Å². The van der Waals surface area contributed by atoms with Crippen molar-refractivity contribution in [2.24, 2.45) is 0 Å². The number of carbonyl (C=O) groups excluding carboxylic acids is 3. The van der Waals surface area contributed by atoms with Crippen LogP contribution in [-0.4, -0.2) is 24.4 Å². The van der Waals surface area contributed by atoms with E-state index in [0.717, 1.165) is 0 Å². The lowest BCUT2D eigenvalue weighted by Gasteiger charge is -2.05. The third-order valence-electron chi connectivity index (χ3n) is 2.39. The molecule has 108 valence electrons. The number of benzene rings is 1. The number of amides is 2. The van der Waals surface area contributed by atoms with Gasteiger partial charge in [0.2, 0.25) is 0 Å². The van der Waals surface area contributed by atoms with E-state index in [9.17, 15) is 14.4 Å². The maximum Gasteiger partial charge on any atom is 0.338 e. The van der Waals surface area contributed by atoms with Gasteiger partial charge in [0.05, 0.1) is 10.4 Å². The van der Waals surface area contributed by atoms with Crippen molar-refractivity contribution in [2.45, 2.75) is 0 Å². The highest BCUT2D eigenvalue weighted by molar-refractivity contribution is 7.12. The smallest absolute Gasteiger partial charge is 0.338 e. The van der Waals surface area contributed by atoms with Crippen LogP contribution in [0.5, 0.6) is 0 Å². The molecule has 0 spiro atoms. The molecule has 0 aliphatic rings. The summed E-state index contributed by atoms with van der Waals surface area (Å²) in [6.45, 7) is -0.539. The molecule has 0 aliphatic carbocycles. The highest BCUT2D eigenvalue weighted by Crippen LogP contribution is 2.11. The average molecular weight is 324 g/mol. The van der Waals surface area contributed by atoms with E-state index in [1.807, 2.05) is 0 Å². The summed E-state index contributed by atoms with van der Waals surface area (Å²) in [5.74, 6) is -1.89. The van der Waals surface area contributed by atoms with Crippen LogP contribution in [0, 0.1) is 0 Å². The lowest BCUT2D eigenvalue weighted by atomic mass is 10.2. The summed E-state index contributed by atoms with van der Waals surface area (Å²) >= 11 is 6.96. The lowest BCUT2D eigenvalue weighted by molar-refractivity contribution is -0.123. The van der Waals surface area contributed by atoms with Crippen LogP contribution in [-0.2, 0) is 9.53 Å². The Labute approximate surface area is 129 Å². The molecular formula is C14H10ClNO4S. The fraction of sp³-hybridized carbons (Fsp3) is 0.0714. The fourth-order valence-corrected chi connectivity index (χ4v) is 2.27. The van der Waals surface area contributed by atoms with E-state index >= 15 is 0 Å². The number of hydrogen-bond acceptors (Lipinski definition) is 5. The number of halogens is 1. The van der Waals surface area contributed by atoms with Crippen molar-refractivity contribution in [3.05, 3.63) is 57.2 Å². The van der Waals surface area contributed by atoms with Crippen LogP contribution >= 0.6 is 22.9 Å². The van der Waals surface area contributed by atoms with E-state index in [1.165, 1.54) is 23.5 Å². The second kappa shape index (κ2) is 7.01. The molecular weight excluding hydrogens is 314 g/mol. The summed E-state index contributed by atoms with van der Waals surface area (Å²) in [5, 5.41) is 4.24. The van der Waals surface area contributed by atoms with Crippen molar-refractivity contribution in [2.75, 3.05) is 6.61 Å². The summed E-state index contributed by atoms with van der Waals surface area (Å²) in [5.41, 5.74) is 0.236. The maximum atomic E-state index is 11.7. The van der Waals surface area contributed by atoms with Gasteiger partial charge in [-0.2, -0.15) is 0 Å². The van der Waals surface area contributed by atoms with Gasteiger partial charge in [-0.25, -0.2) is 4.79 Å². The first-order valence-electron chi connectivity index (χ1n) is 5.86. The van der Waals surface area contributed by atoms with Gasteiger partial charge < -0.3 is 4.74 Å². The number of imide groups is 1. The molecule has 0 bridgehead atoms. The Kier molecular flexibility index (Phi) is 5.08. The van der Waals surface area contributed by atoms with Crippen molar-refractivity contribution in [1.82, 2.24) is 5.32 Å². The summed E-state index contributed by atoms with van der Waals surface area (Å²) in [6.07, 6.45) is 0. The molecule has 0 radical (unpaired) electrons. The van der Waals surface area contributed by atoms with Crippen molar-refractivity contribution in [3.63, 3.8) is 0 Å². The number of esters is 1. The van der Waals surface area contributed by atoms with Crippen LogP contribution in [0.4, 0.5) is 0 Å². The minimum atomic E-state index is -0.691. The number of rotatable bonds is 4. The van der Waals surface area contributed by atoms with E-state index in [0.29, 0.717) is 9.90 Å². The predicted molar refractivity (Wildman–Crippen MR) is 78.5 cm³/mol. The topological polar surface area (TPSA) is 72.5 Å². The van der Waals surface area contributed by atoms with Gasteiger partial charge in [-0.15, -0.1) is 11.3 Å². The van der Waals surface area contributed by atoms with Crippen LogP contribution < -0.4 is 5.32 Å². The SMILES string of the molecule is O=C(COC(=O)c1cccc(Cl)c1)NC(=O)c1cccs1. The molecule has 2 amide bonds. The van der Waals surface area contributed by atoms with Gasteiger partial charge in [-0.1, -0.05) is 23.7 Å². The summed E-state index contributed by atoms with van der Waals surface area (Å²) in [7, 11) is 0. The monoisotopic (exact) mass is 323 g/mol. The number of thiophene rings is 1. The number of carbonyl (C=O) groups is 3. The Balaban J connectivity index is 1.84. The van der Waals surface area contributed by atoms with Crippen LogP contribution in [0.15, 0.2) is 41.8 Å². The van der Waals surface area contributed by atoms with Crippen LogP contribution in [0.3, 0.4) is 0 Å². The Morgan fingerprint density at radius 3 is 2.67 bits per heavy atom. The Hall–Kier alpha value is -2.18. The van der Waals surface area contributed by atoms with E-state index in [4.69, 9.17) is 16.3 Å². The third kappa shape index (κ3) is 4.40. The van der Waals surface area contributed by atoms with Gasteiger partial charge in [0.15, 0.2) is 6.61 Å². The molecule has 0 fully saturated rings. The first-order valence-corrected chi connectivity index (χ1v) is 7.12. The fourth-order valence-electron chi connectivity index (χ4n) is 1.46. The highest BCUT2D eigenvalue weighted by Gasteiger charge is 2.14. The lowest BCUT2D eigenvalue weighted by Crippen LogP contribution is -2.33. The quantitative estimate of drug-likeness (QED) is 0.877. The van der Waals surface area contributed by atoms with E-state index in [2.05, 4.69) is 5.32 Å². The van der Waals surface area contributed by atoms with E-state index < -0.39 is 24.4 Å². The molecule has 1 N–H and O–H groups in total. The van der Waals surface area contributed by atoms with Crippen molar-refractivity contribution < 1.29 is 19.1 Å². The minimum absolute atomic E-state index is 0.236. The van der Waals surface area contributed by atoms with Crippen molar-refractivity contribution in [3.8, 4) is 0 Å². The molecule has 0 saturated carbocycles. The summed E-state index contributed by atoms with van der Waals surface area (Å²) in [6, 6.07) is 9.44. The zero-order chi connectivity index (χ0) is 15.2. The molecule has 2 rings (SSSR count). The first kappa shape index (κ1) is 15.2. The molecule has 5 nitrogen and oxygen atoms in total. The Morgan fingerprint density at radius 1 is 1.19 bits per heavy atom. The number of ether oxygens (including phenoxy) is 1. The molecule has 0 saturated heterocycles. The molecule has 21 heavy (non-hydrogen) atoms. The average Bonchev–Trinajstić information content (AvgIpc) is 2.99. The van der Waals surface area contributed by atoms with Crippen LogP contribution in [0.2, 0.25) is 5.02 Å². The summed E-state index contributed by atoms with van der Waals surface area (Å²) < 4.78 is 4.80. The predicted octanol–water partition coefficient (Wildman–Crippen LogP) is 2.51. The van der Waals surface area contributed by atoms with Crippen molar-refractivity contribution >= 4 is 40.7 Å². The number of hydrogen-bond donors (Lipinski definition) is 1. The van der Waals surface area contributed by atoms with Gasteiger partial charge in [0.25, 0.3) is 11.8 Å². The third-order valence-corrected chi connectivity index (χ3v) is 3.50. The molecule has 2 aromatic rings. The Bertz CT molecular complexity index is 669. The second-order valence-corrected chi connectivity index (χ2v) is 5.33. The molecule has 0 atom stereocenters. The molecule has 1 aromatic carbocycles. The minimum Gasteiger partial charge on any atom is -0.452 e. The largest absolute Gasteiger partial charge is 0.452 e. The van der Waals surface area contributed by atoms with Crippen molar-refractivity contribution in [1.29, 1.82) is 0 Å². The zero-order valence-electron chi connectivity index (χ0n) is 10.7.